The lowest BCUT2D eigenvalue weighted by molar-refractivity contribution is -0.384. The average Bonchev–Trinajstić information content (AvgIpc) is 2.31. The number of likely N-dealkylation sites (tertiary alicyclic amines) is 1. The predicted molar refractivity (Wildman–Crippen MR) is 80.3 cm³/mol. The standard InChI is InChI=1S/C14H17ClN2O5/c1-14(2,3)22-13(18)16-7-10(8-16)21-12-5-4-9(17(19)20)6-11(12)15/h4-6,10H,7-8H2,1-3H3. The summed E-state index contributed by atoms with van der Waals surface area (Å²) in [6.07, 6.45) is -0.589. The number of nitro groups is 1. The summed E-state index contributed by atoms with van der Waals surface area (Å²) >= 11 is 5.95. The summed E-state index contributed by atoms with van der Waals surface area (Å²) in [7, 11) is 0. The molecule has 1 amide bonds. The Morgan fingerprint density at radius 3 is 2.55 bits per heavy atom. The summed E-state index contributed by atoms with van der Waals surface area (Å²) < 4.78 is 10.9. The van der Waals surface area contributed by atoms with E-state index in [2.05, 4.69) is 0 Å². The van der Waals surface area contributed by atoms with E-state index in [0.717, 1.165) is 0 Å². The van der Waals surface area contributed by atoms with Crippen LogP contribution in [0.1, 0.15) is 20.8 Å². The third-order valence-corrected chi connectivity index (χ3v) is 3.22. The zero-order valence-electron chi connectivity index (χ0n) is 12.5. The highest BCUT2D eigenvalue weighted by molar-refractivity contribution is 6.32. The van der Waals surface area contributed by atoms with Crippen LogP contribution in [-0.2, 0) is 4.74 Å². The lowest BCUT2D eigenvalue weighted by Crippen LogP contribution is -2.57. The minimum Gasteiger partial charge on any atom is -0.485 e. The maximum atomic E-state index is 11.8. The molecule has 120 valence electrons. The molecule has 0 saturated carbocycles. The van der Waals surface area contributed by atoms with Crippen molar-refractivity contribution in [2.45, 2.75) is 32.5 Å². The minimum absolute atomic E-state index is 0.0960. The van der Waals surface area contributed by atoms with Crippen molar-refractivity contribution in [1.82, 2.24) is 4.90 Å². The Hall–Kier alpha value is -2.02. The van der Waals surface area contributed by atoms with E-state index in [1.54, 1.807) is 20.8 Å². The van der Waals surface area contributed by atoms with E-state index in [4.69, 9.17) is 21.1 Å². The molecule has 1 aliphatic rings. The van der Waals surface area contributed by atoms with Gasteiger partial charge in [-0.1, -0.05) is 11.6 Å². The number of halogens is 1. The number of benzene rings is 1. The van der Waals surface area contributed by atoms with Crippen molar-refractivity contribution in [1.29, 1.82) is 0 Å². The normalized spacial score (nSPS) is 15.2. The number of nitro benzene ring substituents is 1. The van der Waals surface area contributed by atoms with Gasteiger partial charge in [-0.2, -0.15) is 0 Å². The number of non-ortho nitro benzene ring substituents is 1. The molecule has 0 spiro atoms. The average molecular weight is 329 g/mol. The molecule has 0 atom stereocenters. The largest absolute Gasteiger partial charge is 0.485 e. The van der Waals surface area contributed by atoms with Gasteiger partial charge in [0.2, 0.25) is 0 Å². The van der Waals surface area contributed by atoms with Crippen molar-refractivity contribution in [3.8, 4) is 5.75 Å². The second kappa shape index (κ2) is 6.00. The number of ether oxygens (including phenoxy) is 2. The summed E-state index contributed by atoms with van der Waals surface area (Å²) in [6, 6.07) is 4.02. The Labute approximate surface area is 132 Å². The summed E-state index contributed by atoms with van der Waals surface area (Å²) in [5.41, 5.74) is -0.633. The van der Waals surface area contributed by atoms with E-state index in [1.165, 1.54) is 23.1 Å². The van der Waals surface area contributed by atoms with E-state index < -0.39 is 10.5 Å². The molecule has 1 heterocycles. The molecule has 0 N–H and O–H groups in total. The second-order valence-electron chi connectivity index (χ2n) is 6.00. The maximum absolute atomic E-state index is 11.8. The van der Waals surface area contributed by atoms with Gasteiger partial charge in [0.1, 0.15) is 17.5 Å². The Morgan fingerprint density at radius 1 is 1.41 bits per heavy atom. The summed E-state index contributed by atoms with van der Waals surface area (Å²) in [4.78, 5) is 23.4. The molecule has 7 nitrogen and oxygen atoms in total. The molecule has 0 unspecified atom stereocenters. The SMILES string of the molecule is CC(C)(C)OC(=O)N1CC(Oc2ccc([N+](=O)[O-])cc2Cl)C1. The molecule has 0 aromatic heterocycles. The van der Waals surface area contributed by atoms with Crippen LogP contribution in [0.2, 0.25) is 5.02 Å². The van der Waals surface area contributed by atoms with Crippen LogP contribution in [0.4, 0.5) is 10.5 Å². The lowest BCUT2D eigenvalue weighted by Gasteiger charge is -2.39. The number of rotatable bonds is 3. The van der Waals surface area contributed by atoms with Crippen molar-refractivity contribution >= 4 is 23.4 Å². The molecule has 2 rings (SSSR count). The summed E-state index contributed by atoms with van der Waals surface area (Å²) in [6.45, 7) is 6.18. The van der Waals surface area contributed by atoms with Crippen LogP contribution in [0, 0.1) is 10.1 Å². The highest BCUT2D eigenvalue weighted by Crippen LogP contribution is 2.30. The first kappa shape index (κ1) is 16.4. The van der Waals surface area contributed by atoms with Gasteiger partial charge in [-0.25, -0.2) is 4.79 Å². The number of carbonyl (C=O) groups excluding carboxylic acids is 1. The lowest BCUT2D eigenvalue weighted by atomic mass is 10.1. The Balaban J connectivity index is 1.88. The molecule has 0 radical (unpaired) electrons. The second-order valence-corrected chi connectivity index (χ2v) is 6.40. The Kier molecular flexibility index (Phi) is 4.46. The quantitative estimate of drug-likeness (QED) is 0.628. The van der Waals surface area contributed by atoms with Crippen LogP contribution in [0.25, 0.3) is 0 Å². The highest BCUT2D eigenvalue weighted by Gasteiger charge is 2.35. The summed E-state index contributed by atoms with van der Waals surface area (Å²) in [5.74, 6) is 0.362. The van der Waals surface area contributed by atoms with Crippen LogP contribution < -0.4 is 4.74 Å². The molecule has 1 aromatic carbocycles. The van der Waals surface area contributed by atoms with Gasteiger partial charge < -0.3 is 14.4 Å². The fourth-order valence-corrected chi connectivity index (χ4v) is 2.09. The van der Waals surface area contributed by atoms with Crippen molar-refractivity contribution < 1.29 is 19.2 Å². The van der Waals surface area contributed by atoms with Crippen molar-refractivity contribution in [2.75, 3.05) is 13.1 Å². The molecule has 8 heteroatoms. The van der Waals surface area contributed by atoms with E-state index in [9.17, 15) is 14.9 Å². The molecule has 0 bridgehead atoms. The first-order valence-electron chi connectivity index (χ1n) is 6.74. The van der Waals surface area contributed by atoms with Crippen molar-refractivity contribution in [3.05, 3.63) is 33.3 Å². The molecule has 1 aliphatic heterocycles. The van der Waals surface area contributed by atoms with Crippen molar-refractivity contribution in [3.63, 3.8) is 0 Å². The molecule has 1 saturated heterocycles. The van der Waals surface area contributed by atoms with Crippen LogP contribution >= 0.6 is 11.6 Å². The monoisotopic (exact) mass is 328 g/mol. The number of hydrogen-bond donors (Lipinski definition) is 0. The number of nitrogens with zero attached hydrogens (tertiary/aromatic N) is 2. The molecule has 1 aromatic rings. The molecule has 0 aliphatic carbocycles. The third kappa shape index (κ3) is 4.00. The van der Waals surface area contributed by atoms with E-state index in [-0.39, 0.29) is 22.9 Å². The van der Waals surface area contributed by atoms with Gasteiger partial charge in [0.15, 0.2) is 0 Å². The fraction of sp³-hybridized carbons (Fsp3) is 0.500. The van der Waals surface area contributed by atoms with E-state index >= 15 is 0 Å². The molecular formula is C14H17ClN2O5. The Morgan fingerprint density at radius 2 is 2.05 bits per heavy atom. The van der Waals surface area contributed by atoms with Gasteiger partial charge in [-0.05, 0) is 26.8 Å². The zero-order valence-corrected chi connectivity index (χ0v) is 13.3. The van der Waals surface area contributed by atoms with Gasteiger partial charge in [-0.3, -0.25) is 10.1 Å². The van der Waals surface area contributed by atoms with Gasteiger partial charge >= 0.3 is 6.09 Å². The summed E-state index contributed by atoms with van der Waals surface area (Å²) in [5, 5.41) is 10.8. The Bertz CT molecular complexity index is 593. The first-order valence-corrected chi connectivity index (χ1v) is 7.12. The molecule has 22 heavy (non-hydrogen) atoms. The van der Waals surface area contributed by atoms with Crippen molar-refractivity contribution in [2.24, 2.45) is 0 Å². The van der Waals surface area contributed by atoms with Gasteiger partial charge in [0, 0.05) is 12.1 Å². The number of hydrogen-bond acceptors (Lipinski definition) is 5. The zero-order chi connectivity index (χ0) is 16.5. The van der Waals surface area contributed by atoms with Gasteiger partial charge in [0.05, 0.1) is 23.0 Å². The van der Waals surface area contributed by atoms with E-state index in [1.807, 2.05) is 0 Å². The fourth-order valence-electron chi connectivity index (χ4n) is 1.87. The minimum atomic E-state index is -0.537. The van der Waals surface area contributed by atoms with Gasteiger partial charge in [-0.15, -0.1) is 0 Å². The van der Waals surface area contributed by atoms with E-state index in [0.29, 0.717) is 18.8 Å². The first-order chi connectivity index (χ1) is 10.2. The maximum Gasteiger partial charge on any atom is 0.410 e. The van der Waals surface area contributed by atoms with Crippen LogP contribution in [0.15, 0.2) is 18.2 Å². The molecular weight excluding hydrogens is 312 g/mol. The third-order valence-electron chi connectivity index (χ3n) is 2.92. The van der Waals surface area contributed by atoms with Crippen LogP contribution in [0.5, 0.6) is 5.75 Å². The topological polar surface area (TPSA) is 81.9 Å². The predicted octanol–water partition coefficient (Wildman–Crippen LogP) is 3.25. The van der Waals surface area contributed by atoms with Crippen LogP contribution in [-0.4, -0.2) is 40.7 Å². The highest BCUT2D eigenvalue weighted by atomic mass is 35.5. The molecule has 1 fully saturated rings. The van der Waals surface area contributed by atoms with Crippen LogP contribution in [0.3, 0.4) is 0 Å². The number of amides is 1. The smallest absolute Gasteiger partial charge is 0.410 e. The van der Waals surface area contributed by atoms with Gasteiger partial charge in [0.25, 0.3) is 5.69 Å². The number of carbonyl (C=O) groups is 1.